The first-order valence-electron chi connectivity index (χ1n) is 4.89. The molecule has 0 spiro atoms. The van der Waals surface area contributed by atoms with Gasteiger partial charge in [0.1, 0.15) is 0 Å². The summed E-state index contributed by atoms with van der Waals surface area (Å²) >= 11 is 0. The molecule has 0 radical (unpaired) electrons. The lowest BCUT2D eigenvalue weighted by Gasteiger charge is -2.23. The van der Waals surface area contributed by atoms with Gasteiger partial charge in [0.25, 0.3) is 0 Å². The summed E-state index contributed by atoms with van der Waals surface area (Å²) < 4.78 is 16.0. The van der Waals surface area contributed by atoms with E-state index >= 15 is 0 Å². The zero-order valence-electron chi connectivity index (χ0n) is 8.84. The van der Waals surface area contributed by atoms with Crippen molar-refractivity contribution in [2.45, 2.75) is 33.6 Å². The van der Waals surface area contributed by atoms with Crippen molar-refractivity contribution in [3.63, 3.8) is 0 Å². The van der Waals surface area contributed by atoms with Crippen LogP contribution in [0.5, 0.6) is 0 Å². The highest BCUT2D eigenvalue weighted by molar-refractivity contribution is 6.56. The van der Waals surface area contributed by atoms with Gasteiger partial charge in [0, 0.05) is 19.8 Å². The molecule has 0 atom stereocenters. The van der Waals surface area contributed by atoms with Gasteiger partial charge < -0.3 is 13.3 Å². The molecular weight excluding hydrogens is 186 g/mol. The zero-order valence-corrected chi connectivity index (χ0v) is 9.84. The maximum atomic E-state index is 5.83. The van der Waals surface area contributed by atoms with Gasteiger partial charge in [-0.1, -0.05) is 13.3 Å². The van der Waals surface area contributed by atoms with Crippen molar-refractivity contribution in [1.29, 1.82) is 0 Å². The van der Waals surface area contributed by atoms with E-state index in [1.165, 1.54) is 0 Å². The molecule has 0 aromatic rings. The van der Waals surface area contributed by atoms with E-state index in [4.69, 9.17) is 18.7 Å². The Labute approximate surface area is 81.8 Å². The summed E-state index contributed by atoms with van der Waals surface area (Å²) in [6.45, 7) is 7.57. The quantitative estimate of drug-likeness (QED) is 0.481. The smallest absolute Gasteiger partial charge is 0.362 e. The van der Waals surface area contributed by atoms with Crippen LogP contribution in [-0.2, 0) is 13.3 Å². The number of rotatable bonds is 8. The molecule has 0 fully saturated rings. The van der Waals surface area contributed by atoms with E-state index < -0.39 is 8.97 Å². The molecule has 0 unspecified atom stereocenters. The molecule has 0 heterocycles. The maximum Gasteiger partial charge on any atom is 0.594 e. The molecule has 0 aromatic carbocycles. The maximum absolute atomic E-state index is 5.83. The number of unbranched alkanes of at least 4 members (excludes halogenated alkanes) is 1. The van der Waals surface area contributed by atoms with E-state index in [1.807, 2.05) is 13.8 Å². The van der Waals surface area contributed by atoms with Crippen LogP contribution < -0.4 is 5.40 Å². The average Bonchev–Trinajstić information content (AvgIpc) is 2.05. The van der Waals surface area contributed by atoms with Crippen LogP contribution in [0.2, 0.25) is 0 Å². The van der Waals surface area contributed by atoms with Crippen molar-refractivity contribution in [3.8, 4) is 0 Å². The molecule has 0 aliphatic heterocycles. The fourth-order valence-electron chi connectivity index (χ4n) is 0.886. The SMILES string of the molecule is CCCCO[Si](N)(OCC)OCC. The van der Waals surface area contributed by atoms with Crippen molar-refractivity contribution in [2.24, 2.45) is 5.40 Å². The molecule has 2 N–H and O–H groups in total. The van der Waals surface area contributed by atoms with Crippen molar-refractivity contribution in [1.82, 2.24) is 0 Å². The number of hydrogen-bond donors (Lipinski definition) is 1. The summed E-state index contributed by atoms with van der Waals surface area (Å²) in [5, 5.41) is 5.83. The molecule has 0 aliphatic rings. The van der Waals surface area contributed by atoms with Gasteiger partial charge in [0.05, 0.1) is 0 Å². The van der Waals surface area contributed by atoms with E-state index in [9.17, 15) is 0 Å². The van der Waals surface area contributed by atoms with Crippen LogP contribution in [0.3, 0.4) is 0 Å². The second-order valence-corrected chi connectivity index (χ2v) is 4.74. The summed E-state index contributed by atoms with van der Waals surface area (Å²) in [4.78, 5) is 0. The Bertz CT molecular complexity index is 118. The van der Waals surface area contributed by atoms with Crippen molar-refractivity contribution in [2.75, 3.05) is 19.8 Å². The summed E-state index contributed by atoms with van der Waals surface area (Å²) in [5.41, 5.74) is 0. The standard InChI is InChI=1S/C8H21NO3Si/c1-4-7-8-12-13(9,10-5-2)11-6-3/h4-9H2,1-3H3. The van der Waals surface area contributed by atoms with Crippen LogP contribution in [0, 0.1) is 0 Å². The van der Waals surface area contributed by atoms with Crippen molar-refractivity contribution < 1.29 is 13.3 Å². The minimum absolute atomic E-state index is 0.537. The lowest BCUT2D eigenvalue weighted by molar-refractivity contribution is 0.0670. The third kappa shape index (κ3) is 6.17. The summed E-state index contributed by atoms with van der Waals surface area (Å²) in [7, 11) is -2.79. The van der Waals surface area contributed by atoms with Crippen molar-refractivity contribution >= 4 is 8.97 Å². The van der Waals surface area contributed by atoms with E-state index in [2.05, 4.69) is 6.92 Å². The van der Waals surface area contributed by atoms with Crippen LogP contribution in [0.25, 0.3) is 0 Å². The van der Waals surface area contributed by atoms with Gasteiger partial charge in [0.2, 0.25) is 0 Å². The van der Waals surface area contributed by atoms with Crippen LogP contribution in [0.1, 0.15) is 33.6 Å². The van der Waals surface area contributed by atoms with Gasteiger partial charge in [-0.2, -0.15) is 0 Å². The van der Waals surface area contributed by atoms with Crippen LogP contribution in [-0.4, -0.2) is 28.8 Å². The molecule has 5 heteroatoms. The van der Waals surface area contributed by atoms with Gasteiger partial charge >= 0.3 is 8.97 Å². The molecule has 0 aromatic heterocycles. The predicted molar refractivity (Wildman–Crippen MR) is 54.1 cm³/mol. The first-order valence-corrected chi connectivity index (χ1v) is 6.69. The Morgan fingerprint density at radius 3 is 1.92 bits per heavy atom. The van der Waals surface area contributed by atoms with Crippen LogP contribution in [0.15, 0.2) is 0 Å². The van der Waals surface area contributed by atoms with Gasteiger partial charge in [0.15, 0.2) is 0 Å². The Morgan fingerprint density at radius 1 is 1.00 bits per heavy atom. The van der Waals surface area contributed by atoms with E-state index in [-0.39, 0.29) is 0 Å². The third-order valence-corrected chi connectivity index (χ3v) is 3.48. The summed E-state index contributed by atoms with van der Waals surface area (Å²) in [5.74, 6) is 0. The molecular formula is C8H21NO3Si. The van der Waals surface area contributed by atoms with Crippen LogP contribution >= 0.6 is 0 Å². The second kappa shape index (κ2) is 7.46. The largest absolute Gasteiger partial charge is 0.594 e. The van der Waals surface area contributed by atoms with Crippen LogP contribution in [0.4, 0.5) is 0 Å². The lowest BCUT2D eigenvalue weighted by atomic mass is 10.4. The first-order chi connectivity index (χ1) is 6.18. The minimum atomic E-state index is -2.79. The fourth-order valence-corrected chi connectivity index (χ4v) is 2.37. The van der Waals surface area contributed by atoms with Gasteiger partial charge in [-0.25, -0.2) is 0 Å². The Balaban J connectivity index is 3.76. The molecule has 0 rings (SSSR count). The molecule has 0 bridgehead atoms. The monoisotopic (exact) mass is 207 g/mol. The third-order valence-electron chi connectivity index (χ3n) is 1.49. The summed E-state index contributed by atoms with van der Waals surface area (Å²) in [6.07, 6.45) is 2.08. The van der Waals surface area contributed by atoms with E-state index in [0.717, 1.165) is 12.8 Å². The Hall–Kier alpha value is 0.0569. The lowest BCUT2D eigenvalue weighted by Crippen LogP contribution is -2.55. The van der Waals surface area contributed by atoms with E-state index in [0.29, 0.717) is 19.8 Å². The minimum Gasteiger partial charge on any atom is -0.362 e. The second-order valence-electron chi connectivity index (χ2n) is 2.67. The highest BCUT2D eigenvalue weighted by atomic mass is 28.4. The Morgan fingerprint density at radius 2 is 1.54 bits per heavy atom. The van der Waals surface area contributed by atoms with Gasteiger partial charge in [-0.15, -0.1) is 0 Å². The fraction of sp³-hybridized carbons (Fsp3) is 1.00. The zero-order chi connectivity index (χ0) is 10.2. The topological polar surface area (TPSA) is 53.7 Å². The van der Waals surface area contributed by atoms with Gasteiger partial charge in [-0.3, -0.25) is 5.40 Å². The molecule has 0 amide bonds. The van der Waals surface area contributed by atoms with Gasteiger partial charge in [-0.05, 0) is 20.3 Å². The molecule has 0 saturated carbocycles. The summed E-state index contributed by atoms with van der Waals surface area (Å²) in [6, 6.07) is 0. The normalized spacial score (nSPS) is 12.0. The molecule has 0 saturated heterocycles. The molecule has 13 heavy (non-hydrogen) atoms. The molecule has 0 aliphatic carbocycles. The first kappa shape index (κ1) is 13.1. The number of hydrogen-bond acceptors (Lipinski definition) is 4. The average molecular weight is 207 g/mol. The molecule has 4 nitrogen and oxygen atoms in total. The highest BCUT2D eigenvalue weighted by Crippen LogP contribution is 2.03. The van der Waals surface area contributed by atoms with Crippen molar-refractivity contribution in [3.05, 3.63) is 0 Å². The highest BCUT2D eigenvalue weighted by Gasteiger charge is 2.36. The number of nitrogens with two attached hydrogens (primary N) is 1. The predicted octanol–water partition coefficient (Wildman–Crippen LogP) is 1.27. The Kier molecular flexibility index (Phi) is 7.49. The van der Waals surface area contributed by atoms with E-state index in [1.54, 1.807) is 0 Å². The molecule has 80 valence electrons.